The molecule has 0 spiro atoms. The van der Waals surface area contributed by atoms with Gasteiger partial charge in [-0.3, -0.25) is 14.8 Å². The Labute approximate surface area is 164 Å². The number of methoxy groups -OCH3 is 1. The Morgan fingerprint density at radius 3 is 2.39 bits per heavy atom. The highest BCUT2D eigenvalue weighted by Gasteiger charge is 2.16. The van der Waals surface area contributed by atoms with Crippen molar-refractivity contribution in [3.05, 3.63) is 88.8 Å². The van der Waals surface area contributed by atoms with E-state index in [2.05, 4.69) is 29.0 Å². The number of Topliss-reactive ketones (excluding diaryl/α,β-unsaturated/α-hetero) is 1. The van der Waals surface area contributed by atoms with E-state index in [1.807, 2.05) is 30.5 Å². The topological polar surface area (TPSA) is 52.1 Å². The fourth-order valence-corrected chi connectivity index (χ4v) is 3.29. The van der Waals surface area contributed by atoms with Gasteiger partial charge in [-0.05, 0) is 48.2 Å². The normalized spacial score (nSPS) is 11.9. The number of hydrogen-bond acceptors (Lipinski definition) is 4. The second-order valence-corrected chi connectivity index (χ2v) is 6.71. The van der Waals surface area contributed by atoms with Gasteiger partial charge in [-0.25, -0.2) is 4.39 Å². The van der Waals surface area contributed by atoms with Crippen molar-refractivity contribution in [2.45, 2.75) is 32.6 Å². The molecule has 3 rings (SSSR count). The van der Waals surface area contributed by atoms with Crippen LogP contribution in [0.1, 0.15) is 52.0 Å². The Hall–Kier alpha value is -3.08. The summed E-state index contributed by atoms with van der Waals surface area (Å²) in [7, 11) is 1.65. The Morgan fingerprint density at radius 1 is 1.07 bits per heavy atom. The number of rotatable bonds is 7. The minimum atomic E-state index is -0.473. The molecule has 0 aliphatic carbocycles. The minimum Gasteiger partial charge on any atom is -0.497 e. The third-order valence-electron chi connectivity index (χ3n) is 4.97. The quantitative estimate of drug-likeness (QED) is 0.549. The van der Waals surface area contributed by atoms with E-state index >= 15 is 0 Å². The zero-order chi connectivity index (χ0) is 20.1. The van der Waals surface area contributed by atoms with Crippen LogP contribution in [0.25, 0.3) is 0 Å². The van der Waals surface area contributed by atoms with Crippen molar-refractivity contribution in [3.63, 3.8) is 0 Å². The van der Waals surface area contributed by atoms with Gasteiger partial charge in [0.15, 0.2) is 5.78 Å². The lowest BCUT2D eigenvalue weighted by Gasteiger charge is -2.16. The van der Waals surface area contributed by atoms with Crippen LogP contribution < -0.4 is 4.74 Å². The van der Waals surface area contributed by atoms with Gasteiger partial charge < -0.3 is 4.74 Å². The Kier molecular flexibility index (Phi) is 6.14. The molecule has 0 aliphatic heterocycles. The third kappa shape index (κ3) is 4.25. The molecule has 4 nitrogen and oxygen atoms in total. The van der Waals surface area contributed by atoms with Crippen LogP contribution in [0.15, 0.2) is 55.0 Å². The zero-order valence-electron chi connectivity index (χ0n) is 16.3. The summed E-state index contributed by atoms with van der Waals surface area (Å²) in [6, 6.07) is 11.9. The predicted octanol–water partition coefficient (Wildman–Crippen LogP) is 4.90. The molecule has 3 aromatic rings. The lowest BCUT2D eigenvalue weighted by Crippen LogP contribution is -2.09. The summed E-state index contributed by atoms with van der Waals surface area (Å²) in [5, 5.41) is 0. The van der Waals surface area contributed by atoms with Crippen molar-refractivity contribution < 1.29 is 13.9 Å². The standard InChI is InChI=1S/C23H23FN2O2/c1-4-20(16-6-9-19(28-3)10-7-16)17-5-8-18(26-12-17)11-23(27)21-13-25-14-22(24)15(21)2/h5-10,12-14,20H,4,11H2,1-3H3. The second-order valence-electron chi connectivity index (χ2n) is 6.71. The number of aromatic nitrogens is 2. The molecule has 0 saturated carbocycles. The molecule has 0 N–H and O–H groups in total. The van der Waals surface area contributed by atoms with E-state index in [-0.39, 0.29) is 18.1 Å². The lowest BCUT2D eigenvalue weighted by molar-refractivity contribution is 0.0990. The smallest absolute Gasteiger partial charge is 0.170 e. The number of ether oxygens (including phenoxy) is 1. The van der Waals surface area contributed by atoms with Gasteiger partial charge in [-0.15, -0.1) is 0 Å². The van der Waals surface area contributed by atoms with Gasteiger partial charge in [0, 0.05) is 29.6 Å². The molecular formula is C23H23FN2O2. The molecule has 0 radical (unpaired) electrons. The van der Waals surface area contributed by atoms with Crippen LogP contribution in [0, 0.1) is 12.7 Å². The van der Waals surface area contributed by atoms with Crippen LogP contribution >= 0.6 is 0 Å². The van der Waals surface area contributed by atoms with E-state index in [4.69, 9.17) is 4.74 Å². The molecule has 2 aromatic heterocycles. The predicted molar refractivity (Wildman–Crippen MR) is 106 cm³/mol. The van der Waals surface area contributed by atoms with Gasteiger partial charge in [0.25, 0.3) is 0 Å². The summed E-state index contributed by atoms with van der Waals surface area (Å²) in [5.41, 5.74) is 3.56. The average molecular weight is 378 g/mol. The molecule has 0 bridgehead atoms. The molecule has 144 valence electrons. The summed E-state index contributed by atoms with van der Waals surface area (Å²) < 4.78 is 18.9. The van der Waals surface area contributed by atoms with E-state index in [1.54, 1.807) is 14.0 Å². The van der Waals surface area contributed by atoms with Gasteiger partial charge in [-0.2, -0.15) is 0 Å². The summed E-state index contributed by atoms with van der Waals surface area (Å²) in [5.74, 6) is 0.386. The second kappa shape index (κ2) is 8.74. The van der Waals surface area contributed by atoms with Crippen molar-refractivity contribution in [1.82, 2.24) is 9.97 Å². The van der Waals surface area contributed by atoms with E-state index < -0.39 is 5.82 Å². The van der Waals surface area contributed by atoms with Gasteiger partial charge in [0.1, 0.15) is 11.6 Å². The van der Waals surface area contributed by atoms with E-state index in [0.29, 0.717) is 16.8 Å². The number of carbonyl (C=O) groups excluding carboxylic acids is 1. The number of carbonyl (C=O) groups is 1. The van der Waals surface area contributed by atoms with Gasteiger partial charge in [0.05, 0.1) is 19.7 Å². The lowest BCUT2D eigenvalue weighted by atomic mass is 9.90. The van der Waals surface area contributed by atoms with E-state index in [1.165, 1.54) is 11.8 Å². The number of halogens is 1. The van der Waals surface area contributed by atoms with E-state index in [9.17, 15) is 9.18 Å². The van der Waals surface area contributed by atoms with Crippen molar-refractivity contribution in [1.29, 1.82) is 0 Å². The number of pyridine rings is 2. The molecule has 28 heavy (non-hydrogen) atoms. The number of benzene rings is 1. The monoisotopic (exact) mass is 378 g/mol. The fourth-order valence-electron chi connectivity index (χ4n) is 3.29. The first kappa shape index (κ1) is 19.7. The molecular weight excluding hydrogens is 355 g/mol. The summed E-state index contributed by atoms with van der Waals surface area (Å²) in [6.07, 6.45) is 5.39. The Balaban J connectivity index is 1.76. The molecule has 0 aliphatic rings. The van der Waals surface area contributed by atoms with Crippen molar-refractivity contribution in [3.8, 4) is 5.75 Å². The number of hydrogen-bond donors (Lipinski definition) is 0. The average Bonchev–Trinajstić information content (AvgIpc) is 2.72. The maximum absolute atomic E-state index is 13.6. The molecule has 1 unspecified atom stereocenters. The maximum Gasteiger partial charge on any atom is 0.170 e. The highest BCUT2D eigenvalue weighted by Crippen LogP contribution is 2.29. The molecule has 1 atom stereocenters. The SMILES string of the molecule is CCC(c1ccc(OC)cc1)c1ccc(CC(=O)c2cncc(F)c2C)nc1. The third-order valence-corrected chi connectivity index (χ3v) is 4.97. The Bertz CT molecular complexity index is 953. The van der Waals surface area contributed by atoms with Gasteiger partial charge in [0.2, 0.25) is 0 Å². The molecule has 0 saturated heterocycles. The largest absolute Gasteiger partial charge is 0.497 e. The summed E-state index contributed by atoms with van der Waals surface area (Å²) >= 11 is 0. The molecule has 2 heterocycles. The molecule has 1 aromatic carbocycles. The van der Waals surface area contributed by atoms with Crippen molar-refractivity contribution in [2.24, 2.45) is 0 Å². The summed E-state index contributed by atoms with van der Waals surface area (Å²) in [4.78, 5) is 20.7. The first-order chi connectivity index (χ1) is 13.5. The minimum absolute atomic E-state index is 0.117. The van der Waals surface area contributed by atoms with E-state index in [0.717, 1.165) is 23.9 Å². The van der Waals surface area contributed by atoms with Crippen molar-refractivity contribution in [2.75, 3.05) is 7.11 Å². The van der Waals surface area contributed by atoms with Crippen LogP contribution in [-0.4, -0.2) is 22.9 Å². The first-order valence-electron chi connectivity index (χ1n) is 9.25. The molecule has 0 amide bonds. The number of nitrogens with zero attached hydrogens (tertiary/aromatic N) is 2. The number of ketones is 1. The highest BCUT2D eigenvalue weighted by atomic mass is 19.1. The fraction of sp³-hybridized carbons (Fsp3) is 0.261. The van der Waals surface area contributed by atoms with Crippen LogP contribution in [-0.2, 0) is 6.42 Å². The zero-order valence-corrected chi connectivity index (χ0v) is 16.3. The van der Waals surface area contributed by atoms with Crippen LogP contribution in [0.5, 0.6) is 5.75 Å². The van der Waals surface area contributed by atoms with Crippen LogP contribution in [0.2, 0.25) is 0 Å². The van der Waals surface area contributed by atoms with Crippen LogP contribution in [0.3, 0.4) is 0 Å². The first-order valence-corrected chi connectivity index (χ1v) is 9.25. The molecule has 0 fully saturated rings. The molecule has 5 heteroatoms. The van der Waals surface area contributed by atoms with Crippen LogP contribution in [0.4, 0.5) is 4.39 Å². The highest BCUT2D eigenvalue weighted by molar-refractivity contribution is 5.98. The Morgan fingerprint density at radius 2 is 1.79 bits per heavy atom. The maximum atomic E-state index is 13.6. The van der Waals surface area contributed by atoms with Crippen molar-refractivity contribution >= 4 is 5.78 Å². The van der Waals surface area contributed by atoms with Gasteiger partial charge in [-0.1, -0.05) is 25.1 Å². The summed E-state index contributed by atoms with van der Waals surface area (Å²) in [6.45, 7) is 3.72. The van der Waals surface area contributed by atoms with Gasteiger partial charge >= 0.3 is 0 Å².